The van der Waals surface area contributed by atoms with Gasteiger partial charge in [-0.2, -0.15) is 0 Å². The average molecular weight is 297 g/mol. The molecule has 0 aromatic carbocycles. The third-order valence-corrected chi connectivity index (χ3v) is 3.58. The largest absolute Gasteiger partial charge is 0.260 e. The van der Waals surface area contributed by atoms with E-state index >= 15 is 0 Å². The number of hydrogen-bond donors (Lipinski definition) is 1. The van der Waals surface area contributed by atoms with E-state index in [1.54, 1.807) is 0 Å². The van der Waals surface area contributed by atoms with Crippen molar-refractivity contribution in [1.29, 1.82) is 0 Å². The topological polar surface area (TPSA) is 59.1 Å². The molecule has 0 saturated heterocycles. The summed E-state index contributed by atoms with van der Waals surface area (Å²) in [7, 11) is -3.63. The molecule has 1 heterocycles. The lowest BCUT2D eigenvalue weighted by molar-refractivity contribution is 0.575. The Morgan fingerprint density at radius 1 is 1.47 bits per heavy atom. The summed E-state index contributed by atoms with van der Waals surface area (Å²) in [4.78, 5) is 3.32. The average Bonchev–Trinajstić information content (AvgIpc) is 2.18. The van der Waals surface area contributed by atoms with E-state index in [1.165, 1.54) is 0 Å². The molecule has 0 fully saturated rings. The third-order valence-electron chi connectivity index (χ3n) is 1.59. The van der Waals surface area contributed by atoms with Crippen molar-refractivity contribution in [1.82, 2.24) is 9.71 Å². The van der Waals surface area contributed by atoms with Gasteiger partial charge in [-0.1, -0.05) is 15.9 Å². The molecular formula is C8H10BrFN2O2S. The highest BCUT2D eigenvalue weighted by Crippen LogP contribution is 2.08. The minimum absolute atomic E-state index is 0.155. The van der Waals surface area contributed by atoms with Crippen LogP contribution in [0.3, 0.4) is 0 Å². The molecule has 0 atom stereocenters. The van der Waals surface area contributed by atoms with Crippen LogP contribution in [0.15, 0.2) is 23.4 Å². The molecular weight excluding hydrogens is 287 g/mol. The zero-order chi connectivity index (χ0) is 11.3. The van der Waals surface area contributed by atoms with Crippen LogP contribution in [-0.2, 0) is 10.0 Å². The predicted octanol–water partition coefficient (Wildman–Crippen LogP) is 1.28. The van der Waals surface area contributed by atoms with Crippen LogP contribution in [0.25, 0.3) is 0 Å². The standard InChI is InChI=1S/C8H10BrFN2O2S/c9-2-1-3-12-15(13,14)8-4-7(10)5-11-6-8/h4-6,12H,1-3H2. The van der Waals surface area contributed by atoms with E-state index in [0.29, 0.717) is 18.3 Å². The van der Waals surface area contributed by atoms with Gasteiger partial charge in [0.2, 0.25) is 10.0 Å². The molecule has 1 aromatic heterocycles. The first-order chi connectivity index (χ1) is 7.06. The molecule has 7 heteroatoms. The molecule has 0 bridgehead atoms. The van der Waals surface area contributed by atoms with Gasteiger partial charge in [0.25, 0.3) is 0 Å². The second-order valence-electron chi connectivity index (χ2n) is 2.78. The third kappa shape index (κ3) is 3.84. The fourth-order valence-corrected chi connectivity index (χ4v) is 2.22. The highest BCUT2D eigenvalue weighted by Gasteiger charge is 2.13. The van der Waals surface area contributed by atoms with Crippen LogP contribution < -0.4 is 4.72 Å². The van der Waals surface area contributed by atoms with Gasteiger partial charge in [-0.3, -0.25) is 4.98 Å². The van der Waals surface area contributed by atoms with E-state index in [-0.39, 0.29) is 4.90 Å². The Hall–Kier alpha value is -0.530. The minimum Gasteiger partial charge on any atom is -0.260 e. The summed E-state index contributed by atoms with van der Waals surface area (Å²) in [6, 6.07) is 0.934. The van der Waals surface area contributed by atoms with E-state index in [1.807, 2.05) is 0 Å². The number of nitrogens with zero attached hydrogens (tertiary/aromatic N) is 1. The Labute approximate surface area is 96.1 Å². The monoisotopic (exact) mass is 296 g/mol. The van der Waals surface area contributed by atoms with Crippen LogP contribution in [-0.4, -0.2) is 25.3 Å². The van der Waals surface area contributed by atoms with Crippen LogP contribution >= 0.6 is 15.9 Å². The van der Waals surface area contributed by atoms with Crippen molar-refractivity contribution >= 4 is 26.0 Å². The molecule has 15 heavy (non-hydrogen) atoms. The Balaban J connectivity index is 2.77. The molecule has 0 radical (unpaired) electrons. The number of pyridine rings is 1. The first kappa shape index (κ1) is 12.5. The summed E-state index contributed by atoms with van der Waals surface area (Å²) >= 11 is 3.18. The zero-order valence-corrected chi connectivity index (χ0v) is 10.2. The number of sulfonamides is 1. The molecule has 0 unspecified atom stereocenters. The molecule has 0 saturated carbocycles. The molecule has 1 aromatic rings. The molecule has 84 valence electrons. The molecule has 0 aliphatic rings. The van der Waals surface area contributed by atoms with Crippen molar-refractivity contribution < 1.29 is 12.8 Å². The quantitative estimate of drug-likeness (QED) is 0.658. The highest BCUT2D eigenvalue weighted by atomic mass is 79.9. The Morgan fingerprint density at radius 2 is 2.20 bits per heavy atom. The van der Waals surface area contributed by atoms with E-state index < -0.39 is 15.8 Å². The van der Waals surface area contributed by atoms with Gasteiger partial charge < -0.3 is 0 Å². The summed E-state index contributed by atoms with van der Waals surface area (Å²) < 4.78 is 38.1. The van der Waals surface area contributed by atoms with Crippen LogP contribution in [0, 0.1) is 5.82 Å². The second-order valence-corrected chi connectivity index (χ2v) is 5.34. The van der Waals surface area contributed by atoms with Gasteiger partial charge in [-0.15, -0.1) is 0 Å². The number of rotatable bonds is 5. The van der Waals surface area contributed by atoms with Gasteiger partial charge in [-0.25, -0.2) is 17.5 Å². The lowest BCUT2D eigenvalue weighted by atomic mass is 10.5. The Kier molecular flexibility index (Phi) is 4.62. The molecule has 1 rings (SSSR count). The summed E-state index contributed by atoms with van der Waals surface area (Å²) in [5.41, 5.74) is 0. The van der Waals surface area contributed by atoms with Gasteiger partial charge in [0.05, 0.1) is 6.20 Å². The number of halogens is 2. The first-order valence-electron chi connectivity index (χ1n) is 4.22. The SMILES string of the molecule is O=S(=O)(NCCCBr)c1cncc(F)c1. The Bertz CT molecular complexity index is 424. The molecule has 4 nitrogen and oxygen atoms in total. The lowest BCUT2D eigenvalue weighted by Crippen LogP contribution is -2.25. The molecule has 0 aliphatic heterocycles. The summed E-state index contributed by atoms with van der Waals surface area (Å²) in [5.74, 6) is -0.668. The molecule has 0 amide bonds. The summed E-state index contributed by atoms with van der Waals surface area (Å²) in [5, 5.41) is 0.705. The van der Waals surface area contributed by atoms with E-state index in [4.69, 9.17) is 0 Å². The number of hydrogen-bond acceptors (Lipinski definition) is 3. The smallest absolute Gasteiger partial charge is 0.242 e. The lowest BCUT2D eigenvalue weighted by Gasteiger charge is -2.04. The number of aromatic nitrogens is 1. The molecule has 0 aliphatic carbocycles. The van der Waals surface area contributed by atoms with Crippen LogP contribution in [0.5, 0.6) is 0 Å². The first-order valence-corrected chi connectivity index (χ1v) is 6.83. The normalized spacial score (nSPS) is 11.6. The summed E-state index contributed by atoms with van der Waals surface area (Å²) in [6.45, 7) is 0.310. The van der Waals surface area contributed by atoms with Crippen LogP contribution in [0.4, 0.5) is 4.39 Å². The van der Waals surface area contributed by atoms with Gasteiger partial charge in [0.1, 0.15) is 10.7 Å². The number of nitrogens with one attached hydrogen (secondary N) is 1. The highest BCUT2D eigenvalue weighted by molar-refractivity contribution is 9.09. The van der Waals surface area contributed by atoms with Gasteiger partial charge >= 0.3 is 0 Å². The van der Waals surface area contributed by atoms with Gasteiger partial charge in [-0.05, 0) is 12.5 Å². The fraction of sp³-hybridized carbons (Fsp3) is 0.375. The fourth-order valence-electron chi connectivity index (χ4n) is 0.896. The van der Waals surface area contributed by atoms with Crippen molar-refractivity contribution in [2.24, 2.45) is 0 Å². The maximum Gasteiger partial charge on any atom is 0.242 e. The van der Waals surface area contributed by atoms with Gasteiger partial charge in [0, 0.05) is 18.1 Å². The summed E-state index contributed by atoms with van der Waals surface area (Å²) in [6.07, 6.45) is 2.74. The number of alkyl halides is 1. The van der Waals surface area contributed by atoms with Crippen molar-refractivity contribution in [3.05, 3.63) is 24.3 Å². The molecule has 0 spiro atoms. The van der Waals surface area contributed by atoms with E-state index in [9.17, 15) is 12.8 Å². The van der Waals surface area contributed by atoms with Crippen LogP contribution in [0.2, 0.25) is 0 Å². The predicted molar refractivity (Wildman–Crippen MR) is 57.8 cm³/mol. The van der Waals surface area contributed by atoms with E-state index in [2.05, 4.69) is 25.6 Å². The maximum atomic E-state index is 12.7. The van der Waals surface area contributed by atoms with Crippen LogP contribution in [0.1, 0.15) is 6.42 Å². The zero-order valence-electron chi connectivity index (χ0n) is 7.78. The van der Waals surface area contributed by atoms with Gasteiger partial charge in [0.15, 0.2) is 0 Å². The van der Waals surface area contributed by atoms with E-state index in [0.717, 1.165) is 18.5 Å². The maximum absolute atomic E-state index is 12.7. The second kappa shape index (κ2) is 5.53. The van der Waals surface area contributed by atoms with Crippen molar-refractivity contribution in [2.75, 3.05) is 11.9 Å². The van der Waals surface area contributed by atoms with Crippen molar-refractivity contribution in [3.8, 4) is 0 Å². The van der Waals surface area contributed by atoms with Crippen molar-refractivity contribution in [2.45, 2.75) is 11.3 Å². The molecule has 1 N–H and O–H groups in total. The Morgan fingerprint density at radius 3 is 2.80 bits per heavy atom. The minimum atomic E-state index is -3.63. The van der Waals surface area contributed by atoms with Crippen molar-refractivity contribution in [3.63, 3.8) is 0 Å².